The van der Waals surface area contributed by atoms with Gasteiger partial charge in [0.2, 0.25) is 0 Å². The quantitative estimate of drug-likeness (QED) is 0.781. The standard InChI is InChI=1S/C15H19N3O2/c1-9-8-20-10(2)7-18(9)15(19)13-6-17-14-4-3-11(16)5-12(13)14/h3-6,9-10,17H,7-8,16H2,1-2H3. The highest BCUT2D eigenvalue weighted by molar-refractivity contribution is 6.07. The third-order valence-corrected chi connectivity index (χ3v) is 3.80. The van der Waals surface area contributed by atoms with Crippen molar-refractivity contribution in [1.82, 2.24) is 9.88 Å². The number of rotatable bonds is 1. The number of amides is 1. The summed E-state index contributed by atoms with van der Waals surface area (Å²) >= 11 is 0. The predicted octanol–water partition coefficient (Wildman–Crippen LogP) is 2.00. The summed E-state index contributed by atoms with van der Waals surface area (Å²) in [5, 5.41) is 0.876. The van der Waals surface area contributed by atoms with E-state index in [2.05, 4.69) is 4.98 Å². The molecular weight excluding hydrogens is 254 g/mol. The molecule has 0 radical (unpaired) electrons. The predicted molar refractivity (Wildman–Crippen MR) is 78.6 cm³/mol. The minimum atomic E-state index is 0.0319. The zero-order chi connectivity index (χ0) is 14.3. The van der Waals surface area contributed by atoms with Gasteiger partial charge in [-0.15, -0.1) is 0 Å². The number of aromatic nitrogens is 1. The lowest BCUT2D eigenvalue weighted by Gasteiger charge is -2.36. The van der Waals surface area contributed by atoms with Gasteiger partial charge in [0.15, 0.2) is 0 Å². The number of nitrogen functional groups attached to an aromatic ring is 1. The number of fused-ring (bicyclic) bond motifs is 1. The zero-order valence-electron chi connectivity index (χ0n) is 11.7. The van der Waals surface area contributed by atoms with Gasteiger partial charge >= 0.3 is 0 Å². The first-order chi connectivity index (χ1) is 9.56. The number of ether oxygens (including phenoxy) is 1. The van der Waals surface area contributed by atoms with Gasteiger partial charge in [0, 0.05) is 29.3 Å². The average Bonchev–Trinajstić information content (AvgIpc) is 2.83. The molecule has 1 amide bonds. The van der Waals surface area contributed by atoms with Crippen LogP contribution in [0.15, 0.2) is 24.4 Å². The highest BCUT2D eigenvalue weighted by Crippen LogP contribution is 2.24. The Morgan fingerprint density at radius 2 is 2.25 bits per heavy atom. The molecule has 1 aromatic heterocycles. The molecule has 1 aromatic carbocycles. The summed E-state index contributed by atoms with van der Waals surface area (Å²) in [7, 11) is 0. The maximum atomic E-state index is 12.8. The molecule has 1 saturated heterocycles. The van der Waals surface area contributed by atoms with Crippen LogP contribution in [-0.4, -0.2) is 41.1 Å². The highest BCUT2D eigenvalue weighted by Gasteiger charge is 2.29. The van der Waals surface area contributed by atoms with Crippen molar-refractivity contribution in [2.45, 2.75) is 26.0 Å². The molecular formula is C15H19N3O2. The molecule has 0 saturated carbocycles. The number of anilines is 1. The normalized spacial score (nSPS) is 23.2. The van der Waals surface area contributed by atoms with Gasteiger partial charge in [-0.25, -0.2) is 0 Å². The zero-order valence-corrected chi connectivity index (χ0v) is 11.7. The summed E-state index contributed by atoms with van der Waals surface area (Å²) in [6.45, 7) is 5.19. The first-order valence-corrected chi connectivity index (χ1v) is 6.85. The van der Waals surface area contributed by atoms with Gasteiger partial charge in [-0.05, 0) is 32.0 Å². The first-order valence-electron chi connectivity index (χ1n) is 6.85. The van der Waals surface area contributed by atoms with Crippen molar-refractivity contribution in [2.75, 3.05) is 18.9 Å². The second-order valence-electron chi connectivity index (χ2n) is 5.46. The van der Waals surface area contributed by atoms with Crippen LogP contribution in [0.3, 0.4) is 0 Å². The van der Waals surface area contributed by atoms with Crippen molar-refractivity contribution in [3.05, 3.63) is 30.0 Å². The van der Waals surface area contributed by atoms with Crippen LogP contribution in [-0.2, 0) is 4.74 Å². The second kappa shape index (κ2) is 4.83. The van der Waals surface area contributed by atoms with Crippen LogP contribution >= 0.6 is 0 Å². The van der Waals surface area contributed by atoms with E-state index in [1.165, 1.54) is 0 Å². The Labute approximate surface area is 117 Å². The third-order valence-electron chi connectivity index (χ3n) is 3.80. The Morgan fingerprint density at radius 3 is 3.05 bits per heavy atom. The molecule has 106 valence electrons. The number of aromatic amines is 1. The molecule has 2 aromatic rings. The highest BCUT2D eigenvalue weighted by atomic mass is 16.5. The van der Waals surface area contributed by atoms with E-state index in [0.29, 0.717) is 24.4 Å². The Kier molecular flexibility index (Phi) is 3.14. The van der Waals surface area contributed by atoms with Crippen molar-refractivity contribution in [2.24, 2.45) is 0 Å². The van der Waals surface area contributed by atoms with Crippen molar-refractivity contribution in [3.8, 4) is 0 Å². The van der Waals surface area contributed by atoms with Crippen molar-refractivity contribution in [1.29, 1.82) is 0 Å². The van der Waals surface area contributed by atoms with Crippen molar-refractivity contribution < 1.29 is 9.53 Å². The maximum Gasteiger partial charge on any atom is 0.256 e. The van der Waals surface area contributed by atoms with Crippen molar-refractivity contribution >= 4 is 22.5 Å². The van der Waals surface area contributed by atoms with Crippen LogP contribution < -0.4 is 5.73 Å². The third kappa shape index (κ3) is 2.14. The van der Waals surface area contributed by atoms with Crippen LogP contribution in [0.2, 0.25) is 0 Å². The fourth-order valence-electron chi connectivity index (χ4n) is 2.66. The van der Waals surface area contributed by atoms with Crippen LogP contribution in [0.25, 0.3) is 10.9 Å². The van der Waals surface area contributed by atoms with Gasteiger partial charge in [-0.2, -0.15) is 0 Å². The number of hydrogen-bond donors (Lipinski definition) is 2. The SMILES string of the molecule is CC1CN(C(=O)c2c[nH]c3ccc(N)cc23)C(C)CO1. The van der Waals surface area contributed by atoms with E-state index in [4.69, 9.17) is 10.5 Å². The lowest BCUT2D eigenvalue weighted by atomic mass is 10.1. The minimum absolute atomic E-state index is 0.0319. The van der Waals surface area contributed by atoms with E-state index in [-0.39, 0.29) is 18.1 Å². The summed E-state index contributed by atoms with van der Waals surface area (Å²) in [5.74, 6) is 0.0319. The largest absolute Gasteiger partial charge is 0.399 e. The summed E-state index contributed by atoms with van der Waals surface area (Å²) in [6.07, 6.45) is 1.84. The lowest BCUT2D eigenvalue weighted by molar-refractivity contribution is -0.0386. The number of carbonyl (C=O) groups excluding carboxylic acids is 1. The summed E-state index contributed by atoms with van der Waals surface area (Å²) in [4.78, 5) is 17.8. The monoisotopic (exact) mass is 273 g/mol. The molecule has 5 heteroatoms. The van der Waals surface area contributed by atoms with E-state index in [9.17, 15) is 4.79 Å². The fraction of sp³-hybridized carbons (Fsp3) is 0.400. The maximum absolute atomic E-state index is 12.8. The number of nitrogens with two attached hydrogens (primary N) is 1. The van der Waals surface area contributed by atoms with E-state index in [1.54, 1.807) is 6.20 Å². The van der Waals surface area contributed by atoms with E-state index in [1.807, 2.05) is 36.9 Å². The molecule has 2 heterocycles. The number of H-pyrrole nitrogens is 1. The second-order valence-corrected chi connectivity index (χ2v) is 5.46. The van der Waals surface area contributed by atoms with Gasteiger partial charge in [0.05, 0.1) is 24.3 Å². The first kappa shape index (κ1) is 13.0. The molecule has 1 aliphatic rings. The Morgan fingerprint density at radius 1 is 1.45 bits per heavy atom. The topological polar surface area (TPSA) is 71.4 Å². The average molecular weight is 273 g/mol. The Balaban J connectivity index is 1.97. The van der Waals surface area contributed by atoms with E-state index >= 15 is 0 Å². The van der Waals surface area contributed by atoms with Crippen LogP contribution in [0, 0.1) is 0 Å². The summed E-state index contributed by atoms with van der Waals surface area (Å²) in [6, 6.07) is 5.65. The van der Waals surface area contributed by atoms with Crippen molar-refractivity contribution in [3.63, 3.8) is 0 Å². The fourth-order valence-corrected chi connectivity index (χ4v) is 2.66. The molecule has 1 aliphatic heterocycles. The number of benzene rings is 1. The van der Waals surface area contributed by atoms with Gasteiger partial charge in [-0.1, -0.05) is 0 Å². The molecule has 5 nitrogen and oxygen atoms in total. The molecule has 2 unspecified atom stereocenters. The summed E-state index contributed by atoms with van der Waals surface area (Å²) in [5.41, 5.74) is 8.08. The molecule has 2 atom stereocenters. The van der Waals surface area contributed by atoms with Crippen LogP contribution in [0.4, 0.5) is 5.69 Å². The molecule has 1 fully saturated rings. The lowest BCUT2D eigenvalue weighted by Crippen LogP contribution is -2.50. The number of hydrogen-bond acceptors (Lipinski definition) is 3. The van der Waals surface area contributed by atoms with E-state index < -0.39 is 0 Å². The number of nitrogens with one attached hydrogen (secondary N) is 1. The number of nitrogens with zero attached hydrogens (tertiary/aromatic N) is 1. The van der Waals surface area contributed by atoms with Crippen LogP contribution in [0.5, 0.6) is 0 Å². The van der Waals surface area contributed by atoms with Crippen LogP contribution in [0.1, 0.15) is 24.2 Å². The number of morpholine rings is 1. The molecule has 20 heavy (non-hydrogen) atoms. The number of carbonyl (C=O) groups is 1. The molecule has 3 rings (SSSR count). The van der Waals surface area contributed by atoms with E-state index in [0.717, 1.165) is 10.9 Å². The van der Waals surface area contributed by atoms with Gasteiger partial charge in [0.1, 0.15) is 0 Å². The van der Waals surface area contributed by atoms with Gasteiger partial charge < -0.3 is 20.4 Å². The molecule has 0 bridgehead atoms. The smallest absolute Gasteiger partial charge is 0.256 e. The van der Waals surface area contributed by atoms with Gasteiger partial charge in [-0.3, -0.25) is 4.79 Å². The molecule has 0 aliphatic carbocycles. The Bertz CT molecular complexity index is 650. The summed E-state index contributed by atoms with van der Waals surface area (Å²) < 4.78 is 5.57. The molecule has 3 N–H and O–H groups in total. The molecule has 0 spiro atoms. The Hall–Kier alpha value is -2.01. The van der Waals surface area contributed by atoms with Gasteiger partial charge in [0.25, 0.3) is 5.91 Å². The minimum Gasteiger partial charge on any atom is -0.399 e.